The first-order chi connectivity index (χ1) is 13.4. The first-order valence-corrected chi connectivity index (χ1v) is 13.2. The lowest BCUT2D eigenvalue weighted by molar-refractivity contribution is 0.112. The van der Waals surface area contributed by atoms with Gasteiger partial charge in [-0.1, -0.05) is 23.6 Å². The molecule has 5 nitrogen and oxygen atoms in total. The Labute approximate surface area is 178 Å². The molecule has 0 heterocycles. The summed E-state index contributed by atoms with van der Waals surface area (Å²) >= 11 is 10.6. The molecule has 0 saturated heterocycles. The van der Waals surface area contributed by atoms with Crippen LogP contribution < -0.4 is 9.47 Å². The van der Waals surface area contributed by atoms with E-state index in [1.165, 1.54) is 0 Å². The molecule has 2 aromatic rings. The SMILES string of the molecule is CC(Oc1ccc(/C=N/N(C)[PH](=S)C(C)Oc2ccc(C=O)cc2)cc1)P=S. The average molecular weight is 452 g/mol. The minimum atomic E-state index is -1.46. The van der Waals surface area contributed by atoms with Crippen LogP contribution >= 0.6 is 14.2 Å². The van der Waals surface area contributed by atoms with Gasteiger partial charge in [-0.15, -0.1) is 0 Å². The van der Waals surface area contributed by atoms with E-state index in [1.54, 1.807) is 35.3 Å². The fourth-order valence-electron chi connectivity index (χ4n) is 2.20. The summed E-state index contributed by atoms with van der Waals surface area (Å²) in [7, 11) is 2.64. The van der Waals surface area contributed by atoms with Crippen molar-refractivity contribution in [3.63, 3.8) is 0 Å². The number of hydrogen-bond acceptors (Lipinski definition) is 6. The molecule has 0 amide bonds. The monoisotopic (exact) mass is 452 g/mol. The van der Waals surface area contributed by atoms with Crippen LogP contribution in [0, 0.1) is 0 Å². The van der Waals surface area contributed by atoms with Gasteiger partial charge in [-0.05, 0) is 67.9 Å². The highest BCUT2D eigenvalue weighted by molar-refractivity contribution is 8.04. The number of ether oxygens (including phenoxy) is 2. The van der Waals surface area contributed by atoms with Crippen LogP contribution in [0.2, 0.25) is 0 Å². The van der Waals surface area contributed by atoms with Gasteiger partial charge in [0.05, 0.1) is 13.1 Å². The number of aldehydes is 1. The van der Waals surface area contributed by atoms with Crippen molar-refractivity contribution < 1.29 is 14.3 Å². The van der Waals surface area contributed by atoms with Gasteiger partial charge in [0, 0.05) is 20.0 Å². The van der Waals surface area contributed by atoms with Gasteiger partial charge in [-0.3, -0.25) is 9.57 Å². The standard InChI is InChI=1S/C19H22N2O3P2S2/c1-14(25-27)23-18-8-4-16(5-9-18)12-20-21(3)26(28)15(2)24-19-10-6-17(13-22)7-11-19/h4-15,26H,1-3H3/b20-12+. The Morgan fingerprint density at radius 3 is 2.11 bits per heavy atom. The largest absolute Gasteiger partial charge is 0.484 e. The summed E-state index contributed by atoms with van der Waals surface area (Å²) in [5.74, 6) is 1.29. The Morgan fingerprint density at radius 2 is 1.57 bits per heavy atom. The molecule has 0 aliphatic carbocycles. The van der Waals surface area contributed by atoms with Crippen molar-refractivity contribution in [2.24, 2.45) is 5.10 Å². The normalized spacial score (nSPS) is 14.4. The molecule has 0 N–H and O–H groups in total. The number of hydrogen-bond donors (Lipinski definition) is 0. The maximum atomic E-state index is 10.7. The van der Waals surface area contributed by atoms with Crippen molar-refractivity contribution in [3.05, 3.63) is 59.7 Å². The maximum Gasteiger partial charge on any atom is 0.150 e. The van der Waals surface area contributed by atoms with E-state index < -0.39 is 6.85 Å². The first kappa shape index (κ1) is 22.6. The van der Waals surface area contributed by atoms with E-state index in [4.69, 9.17) is 33.1 Å². The molecule has 0 aromatic heterocycles. The highest BCUT2D eigenvalue weighted by Crippen LogP contribution is 2.33. The second kappa shape index (κ2) is 11.4. The Kier molecular flexibility index (Phi) is 9.20. The third-order valence-corrected chi connectivity index (χ3v) is 8.36. The van der Waals surface area contributed by atoms with Gasteiger partial charge in [-0.25, -0.2) is 0 Å². The van der Waals surface area contributed by atoms with Gasteiger partial charge >= 0.3 is 0 Å². The van der Waals surface area contributed by atoms with Crippen LogP contribution in [-0.4, -0.2) is 36.0 Å². The topological polar surface area (TPSA) is 51.1 Å². The summed E-state index contributed by atoms with van der Waals surface area (Å²) < 4.78 is 13.3. The lowest BCUT2D eigenvalue weighted by Gasteiger charge is -2.22. The molecular weight excluding hydrogens is 430 g/mol. The zero-order chi connectivity index (χ0) is 20.5. The molecule has 0 saturated carbocycles. The maximum absolute atomic E-state index is 10.7. The number of rotatable bonds is 10. The Morgan fingerprint density at radius 1 is 1.04 bits per heavy atom. The lowest BCUT2D eigenvalue weighted by Crippen LogP contribution is -2.14. The predicted molar refractivity (Wildman–Crippen MR) is 124 cm³/mol. The second-order valence-electron chi connectivity index (χ2n) is 5.94. The van der Waals surface area contributed by atoms with Crippen LogP contribution in [0.3, 0.4) is 0 Å². The molecule has 148 valence electrons. The molecule has 3 atom stereocenters. The van der Waals surface area contributed by atoms with Crippen molar-refractivity contribution >= 4 is 50.3 Å². The van der Waals surface area contributed by atoms with Crippen molar-refractivity contribution in [2.75, 3.05) is 7.05 Å². The Bertz CT molecular complexity index is 845. The Balaban J connectivity index is 1.92. The van der Waals surface area contributed by atoms with E-state index in [9.17, 15) is 4.79 Å². The molecule has 0 radical (unpaired) electrons. The van der Waals surface area contributed by atoms with Crippen LogP contribution in [0.4, 0.5) is 0 Å². The molecule has 2 rings (SSSR count). The molecule has 0 aliphatic rings. The number of benzene rings is 2. The minimum absolute atomic E-state index is 0.0119. The summed E-state index contributed by atoms with van der Waals surface area (Å²) in [6.45, 7) is 2.41. The highest BCUT2D eigenvalue weighted by atomic mass is 32.4. The molecule has 9 heteroatoms. The average Bonchev–Trinajstić information content (AvgIpc) is 2.72. The zero-order valence-corrected chi connectivity index (χ0v) is 19.3. The molecular formula is C19H22N2O3P2S2. The summed E-state index contributed by atoms with van der Waals surface area (Å²) in [6, 6.07) is 14.6. The van der Waals surface area contributed by atoms with Crippen molar-refractivity contribution in [1.82, 2.24) is 4.78 Å². The molecule has 2 aromatic carbocycles. The Hall–Kier alpha value is -1.65. The van der Waals surface area contributed by atoms with E-state index in [0.717, 1.165) is 25.0 Å². The number of carbonyl (C=O) groups excluding carboxylic acids is 1. The van der Waals surface area contributed by atoms with Crippen LogP contribution in [0.15, 0.2) is 53.6 Å². The number of nitrogens with zero attached hydrogens (tertiary/aromatic N) is 2. The fourth-order valence-corrected chi connectivity index (χ4v) is 3.72. The summed E-state index contributed by atoms with van der Waals surface area (Å²) in [4.78, 5) is 10.7. The van der Waals surface area contributed by atoms with Crippen molar-refractivity contribution in [1.29, 1.82) is 0 Å². The lowest BCUT2D eigenvalue weighted by atomic mass is 10.2. The number of hydrazone groups is 1. The predicted octanol–water partition coefficient (Wildman–Crippen LogP) is 4.91. The summed E-state index contributed by atoms with van der Waals surface area (Å²) in [5, 5.41) is 4.46. The van der Waals surface area contributed by atoms with Crippen LogP contribution in [0.5, 0.6) is 11.5 Å². The van der Waals surface area contributed by atoms with Gasteiger partial charge < -0.3 is 9.47 Å². The van der Waals surface area contributed by atoms with E-state index in [2.05, 4.69) is 5.10 Å². The van der Waals surface area contributed by atoms with Crippen molar-refractivity contribution in [2.45, 2.75) is 25.5 Å². The minimum Gasteiger partial charge on any atom is -0.484 e. The summed E-state index contributed by atoms with van der Waals surface area (Å²) in [6.07, 6.45) is 2.57. The van der Waals surface area contributed by atoms with Gasteiger partial charge in [0.25, 0.3) is 0 Å². The molecule has 28 heavy (non-hydrogen) atoms. The summed E-state index contributed by atoms with van der Waals surface area (Å²) in [5.41, 5.74) is 1.56. The van der Waals surface area contributed by atoms with Gasteiger partial charge in [0.15, 0.2) is 0 Å². The van der Waals surface area contributed by atoms with Crippen LogP contribution in [0.1, 0.15) is 29.8 Å². The van der Waals surface area contributed by atoms with E-state index in [-0.39, 0.29) is 11.7 Å². The number of carbonyl (C=O) groups is 1. The molecule has 3 unspecified atom stereocenters. The highest BCUT2D eigenvalue weighted by Gasteiger charge is 2.12. The van der Waals surface area contributed by atoms with Crippen LogP contribution in [-0.2, 0) is 23.6 Å². The molecule has 0 spiro atoms. The van der Waals surface area contributed by atoms with Gasteiger partial charge in [0.1, 0.15) is 29.5 Å². The van der Waals surface area contributed by atoms with Crippen molar-refractivity contribution in [3.8, 4) is 11.5 Å². The second-order valence-corrected chi connectivity index (χ2v) is 10.9. The third-order valence-electron chi connectivity index (χ3n) is 3.71. The molecule has 0 fully saturated rings. The first-order valence-electron chi connectivity index (χ1n) is 8.55. The smallest absolute Gasteiger partial charge is 0.150 e. The van der Waals surface area contributed by atoms with Gasteiger partial charge in [0.2, 0.25) is 0 Å². The van der Waals surface area contributed by atoms with Crippen LogP contribution in [0.25, 0.3) is 0 Å². The van der Waals surface area contributed by atoms with E-state index in [1.807, 2.05) is 45.2 Å². The quantitative estimate of drug-likeness (QED) is 0.221. The molecule has 0 bridgehead atoms. The fraction of sp³-hybridized carbons (Fsp3) is 0.263. The third kappa shape index (κ3) is 7.06. The van der Waals surface area contributed by atoms with Gasteiger partial charge in [-0.2, -0.15) is 5.10 Å². The molecule has 0 aliphatic heterocycles. The zero-order valence-electron chi connectivity index (χ0n) is 15.8. The van der Waals surface area contributed by atoms with E-state index in [0.29, 0.717) is 11.3 Å². The van der Waals surface area contributed by atoms with E-state index >= 15 is 0 Å².